The van der Waals surface area contributed by atoms with Gasteiger partial charge in [0.1, 0.15) is 11.4 Å². The summed E-state index contributed by atoms with van der Waals surface area (Å²) in [5.41, 5.74) is 7.16. The van der Waals surface area contributed by atoms with Crippen LogP contribution in [0.5, 0.6) is 5.75 Å². The lowest BCUT2D eigenvalue weighted by molar-refractivity contribution is -0.132. The predicted molar refractivity (Wildman–Crippen MR) is 72.7 cm³/mol. The number of anilines is 2. The molecular weight excluding hydrogens is 228 g/mol. The van der Waals surface area contributed by atoms with Crippen molar-refractivity contribution in [2.24, 2.45) is 0 Å². The molecule has 1 aliphatic rings. The molecule has 1 aliphatic heterocycles. The third-order valence-electron chi connectivity index (χ3n) is 2.85. The Labute approximate surface area is 107 Å². The second-order valence-electron chi connectivity index (χ2n) is 5.15. The Balaban J connectivity index is 2.57. The number of amides is 1. The summed E-state index contributed by atoms with van der Waals surface area (Å²) in [6, 6.07) is 5.41. The smallest absolute Gasteiger partial charge is 0.271 e. The fourth-order valence-electron chi connectivity index (χ4n) is 2.08. The highest BCUT2D eigenvalue weighted by Crippen LogP contribution is 2.41. The zero-order valence-electron chi connectivity index (χ0n) is 11.0. The number of hydrogen-bond acceptors (Lipinski definition) is 3. The van der Waals surface area contributed by atoms with Crippen molar-refractivity contribution in [1.82, 2.24) is 0 Å². The van der Waals surface area contributed by atoms with Crippen LogP contribution in [-0.2, 0) is 4.79 Å². The summed E-state index contributed by atoms with van der Waals surface area (Å²) in [4.78, 5) is 14.1. The van der Waals surface area contributed by atoms with Crippen LogP contribution >= 0.6 is 0 Å². The zero-order valence-corrected chi connectivity index (χ0v) is 11.0. The first kappa shape index (κ1) is 12.5. The van der Waals surface area contributed by atoms with Gasteiger partial charge in [0.25, 0.3) is 5.91 Å². The number of ether oxygens (including phenoxy) is 1. The van der Waals surface area contributed by atoms with Gasteiger partial charge in [-0.25, -0.2) is 0 Å². The van der Waals surface area contributed by atoms with E-state index in [9.17, 15) is 4.79 Å². The summed E-state index contributed by atoms with van der Waals surface area (Å²) in [7, 11) is 0. The molecule has 1 amide bonds. The number of nitrogen functional groups attached to an aromatic ring is 1. The third-order valence-corrected chi connectivity index (χ3v) is 2.85. The average Bonchev–Trinajstić information content (AvgIpc) is 2.23. The number of nitrogens with zero attached hydrogens (tertiary/aromatic N) is 1. The molecule has 1 heterocycles. The van der Waals surface area contributed by atoms with E-state index in [1.54, 1.807) is 24.8 Å². The first-order chi connectivity index (χ1) is 8.33. The molecule has 96 valence electrons. The van der Waals surface area contributed by atoms with Gasteiger partial charge in [-0.1, -0.05) is 18.2 Å². The minimum atomic E-state index is -0.879. The Morgan fingerprint density at radius 1 is 1.50 bits per heavy atom. The van der Waals surface area contributed by atoms with E-state index in [0.29, 0.717) is 23.7 Å². The van der Waals surface area contributed by atoms with Gasteiger partial charge < -0.3 is 10.5 Å². The highest BCUT2D eigenvalue weighted by molar-refractivity contribution is 6.05. The number of carbonyl (C=O) groups excluding carboxylic acids is 1. The number of rotatable bonds is 2. The molecule has 0 aromatic heterocycles. The maximum atomic E-state index is 12.4. The van der Waals surface area contributed by atoms with Crippen LogP contribution in [-0.4, -0.2) is 18.1 Å². The predicted octanol–water partition coefficient (Wildman–Crippen LogP) is 2.35. The highest BCUT2D eigenvalue weighted by Gasteiger charge is 2.41. The van der Waals surface area contributed by atoms with Gasteiger partial charge in [0, 0.05) is 6.54 Å². The molecule has 4 heteroatoms. The summed E-state index contributed by atoms with van der Waals surface area (Å²) >= 11 is 0. The molecular formula is C14H18N2O2. The van der Waals surface area contributed by atoms with Crippen LogP contribution in [0.15, 0.2) is 30.4 Å². The van der Waals surface area contributed by atoms with Gasteiger partial charge >= 0.3 is 0 Å². The van der Waals surface area contributed by atoms with Gasteiger partial charge in [-0.05, 0) is 32.9 Å². The van der Waals surface area contributed by atoms with Crippen molar-refractivity contribution < 1.29 is 9.53 Å². The van der Waals surface area contributed by atoms with Crippen molar-refractivity contribution in [1.29, 1.82) is 0 Å². The molecule has 1 aromatic rings. The van der Waals surface area contributed by atoms with Crippen molar-refractivity contribution in [3.63, 3.8) is 0 Å². The minimum absolute atomic E-state index is 0.101. The lowest BCUT2D eigenvalue weighted by Crippen LogP contribution is -2.53. The third kappa shape index (κ3) is 1.94. The van der Waals surface area contributed by atoms with E-state index >= 15 is 0 Å². The Morgan fingerprint density at radius 3 is 2.78 bits per heavy atom. The number of hydrogen-bond donors (Lipinski definition) is 1. The van der Waals surface area contributed by atoms with E-state index in [1.807, 2.05) is 19.1 Å². The summed E-state index contributed by atoms with van der Waals surface area (Å²) in [6.45, 7) is 9.71. The Bertz CT molecular complexity index is 521. The van der Waals surface area contributed by atoms with Gasteiger partial charge in [-0.2, -0.15) is 0 Å². The molecule has 2 rings (SSSR count). The van der Waals surface area contributed by atoms with Crippen molar-refractivity contribution in [3.05, 3.63) is 30.4 Å². The molecule has 18 heavy (non-hydrogen) atoms. The lowest BCUT2D eigenvalue weighted by atomic mass is 10.0. The van der Waals surface area contributed by atoms with Crippen LogP contribution in [0.25, 0.3) is 0 Å². The number of fused-ring (bicyclic) bond motifs is 1. The summed E-state index contributed by atoms with van der Waals surface area (Å²) in [5.74, 6) is 0.539. The summed E-state index contributed by atoms with van der Waals surface area (Å²) in [5, 5.41) is 0. The second kappa shape index (κ2) is 4.05. The molecule has 0 spiro atoms. The molecule has 0 aliphatic carbocycles. The topological polar surface area (TPSA) is 55.6 Å². The van der Waals surface area contributed by atoms with E-state index in [0.717, 1.165) is 5.57 Å². The first-order valence-electron chi connectivity index (χ1n) is 5.87. The van der Waals surface area contributed by atoms with Crippen molar-refractivity contribution in [2.75, 3.05) is 17.2 Å². The maximum absolute atomic E-state index is 12.4. The quantitative estimate of drug-likeness (QED) is 0.643. The molecule has 0 fully saturated rings. The molecule has 0 saturated heterocycles. The largest absolute Gasteiger partial charge is 0.476 e. The fourth-order valence-corrected chi connectivity index (χ4v) is 2.08. The molecule has 1 aromatic carbocycles. The van der Waals surface area contributed by atoms with Crippen LogP contribution in [0, 0.1) is 0 Å². The number of nitrogens with two attached hydrogens (primary N) is 1. The average molecular weight is 246 g/mol. The van der Waals surface area contributed by atoms with Crippen molar-refractivity contribution >= 4 is 17.3 Å². The van der Waals surface area contributed by atoms with Crippen LogP contribution in [0.3, 0.4) is 0 Å². The van der Waals surface area contributed by atoms with Gasteiger partial charge in [-0.15, -0.1) is 0 Å². The second-order valence-corrected chi connectivity index (χ2v) is 5.15. The molecule has 2 N–H and O–H groups in total. The SMILES string of the molecule is C=C(C)CN1C(=O)C(C)(C)Oc2cccc(N)c21. The molecule has 4 nitrogen and oxygen atoms in total. The van der Waals surface area contributed by atoms with E-state index < -0.39 is 5.60 Å². The van der Waals surface area contributed by atoms with Crippen molar-refractivity contribution in [2.45, 2.75) is 26.4 Å². The maximum Gasteiger partial charge on any atom is 0.271 e. The van der Waals surface area contributed by atoms with Gasteiger partial charge in [-0.3, -0.25) is 9.69 Å². The molecule has 0 radical (unpaired) electrons. The monoisotopic (exact) mass is 246 g/mol. The van der Waals surface area contributed by atoms with E-state index in [2.05, 4.69) is 6.58 Å². The highest BCUT2D eigenvalue weighted by atomic mass is 16.5. The molecule has 0 saturated carbocycles. The molecule has 0 bridgehead atoms. The molecule has 0 atom stereocenters. The van der Waals surface area contributed by atoms with Gasteiger partial charge in [0.05, 0.1) is 5.69 Å². The number of carbonyl (C=O) groups is 1. The fraction of sp³-hybridized carbons (Fsp3) is 0.357. The Hall–Kier alpha value is -1.97. The van der Waals surface area contributed by atoms with Crippen molar-refractivity contribution in [3.8, 4) is 5.75 Å². The zero-order chi connectivity index (χ0) is 13.5. The minimum Gasteiger partial charge on any atom is -0.476 e. The molecule has 0 unspecified atom stereocenters. The standard InChI is InChI=1S/C14H18N2O2/c1-9(2)8-16-12-10(15)6-5-7-11(12)18-14(3,4)13(16)17/h5-7H,1,8,15H2,2-4H3. The number of benzene rings is 1. The Morgan fingerprint density at radius 2 is 2.17 bits per heavy atom. The van der Waals surface area contributed by atoms with E-state index in [1.165, 1.54) is 0 Å². The van der Waals surface area contributed by atoms with E-state index in [-0.39, 0.29) is 5.91 Å². The summed E-state index contributed by atoms with van der Waals surface area (Å²) in [6.07, 6.45) is 0. The van der Waals surface area contributed by atoms with E-state index in [4.69, 9.17) is 10.5 Å². The normalized spacial score (nSPS) is 17.1. The van der Waals surface area contributed by atoms with Crippen LogP contribution in [0.1, 0.15) is 20.8 Å². The summed E-state index contributed by atoms with van der Waals surface area (Å²) < 4.78 is 5.72. The van der Waals surface area contributed by atoms with Gasteiger partial charge in [0.15, 0.2) is 5.60 Å². The number of para-hydroxylation sites is 1. The lowest BCUT2D eigenvalue weighted by Gasteiger charge is -2.39. The van der Waals surface area contributed by atoms with Crippen LogP contribution in [0.2, 0.25) is 0 Å². The van der Waals surface area contributed by atoms with Crippen LogP contribution < -0.4 is 15.4 Å². The first-order valence-corrected chi connectivity index (χ1v) is 5.87. The Kier molecular flexibility index (Phi) is 2.81. The van der Waals surface area contributed by atoms with Gasteiger partial charge in [0.2, 0.25) is 0 Å². The van der Waals surface area contributed by atoms with Crippen LogP contribution in [0.4, 0.5) is 11.4 Å².